The minimum absolute atomic E-state index is 0.0183. The zero-order valence-electron chi connectivity index (χ0n) is 24.5. The molecule has 4 rings (SSSR count). The fraction of sp³-hybridized carbons (Fsp3) is 0.433. The lowest BCUT2D eigenvalue weighted by Gasteiger charge is -2.31. The first kappa shape index (κ1) is 32.4. The number of amides is 2. The Bertz CT molecular complexity index is 1440. The number of thiazole rings is 1. The van der Waals surface area contributed by atoms with Crippen LogP contribution in [0.1, 0.15) is 30.7 Å². The first-order chi connectivity index (χ1) is 20.6. The van der Waals surface area contributed by atoms with Gasteiger partial charge < -0.3 is 19.9 Å². The van der Waals surface area contributed by atoms with Crippen molar-refractivity contribution in [3.63, 3.8) is 0 Å². The molecule has 4 atom stereocenters. The normalized spacial score (nSPS) is 17.4. The van der Waals surface area contributed by atoms with Crippen LogP contribution >= 0.6 is 11.3 Å². The van der Waals surface area contributed by atoms with Gasteiger partial charge >= 0.3 is 6.09 Å². The molecule has 1 saturated heterocycles. The number of aliphatic hydroxyl groups is 1. The van der Waals surface area contributed by atoms with E-state index in [4.69, 9.17) is 9.47 Å². The second-order valence-corrected chi connectivity index (χ2v) is 13.5. The van der Waals surface area contributed by atoms with Crippen molar-refractivity contribution in [3.8, 4) is 5.75 Å². The summed E-state index contributed by atoms with van der Waals surface area (Å²) in [4.78, 5) is 32.2. The topological polar surface area (TPSA) is 138 Å². The molecule has 2 N–H and O–H groups in total. The number of carbonyl (C=O) groups is 2. The van der Waals surface area contributed by atoms with Gasteiger partial charge in [-0.15, -0.1) is 11.3 Å². The highest BCUT2D eigenvalue weighted by atomic mass is 32.2. The molecule has 43 heavy (non-hydrogen) atoms. The lowest BCUT2D eigenvalue weighted by molar-refractivity contribution is -0.129. The van der Waals surface area contributed by atoms with Gasteiger partial charge in [-0.2, -0.15) is 4.31 Å². The monoisotopic (exact) mass is 630 g/mol. The van der Waals surface area contributed by atoms with Crippen LogP contribution in [0.2, 0.25) is 0 Å². The van der Waals surface area contributed by atoms with Crippen molar-refractivity contribution in [3.05, 3.63) is 76.7 Å². The van der Waals surface area contributed by atoms with Gasteiger partial charge in [-0.05, 0) is 42.2 Å². The average Bonchev–Trinajstić information content (AvgIpc) is 3.66. The number of hydrogen-bond acceptors (Lipinski definition) is 9. The molecule has 2 heterocycles. The van der Waals surface area contributed by atoms with Crippen LogP contribution in [0.25, 0.3) is 0 Å². The number of aliphatic hydroxyl groups excluding tert-OH is 1. The maximum absolute atomic E-state index is 13.8. The average molecular weight is 631 g/mol. The second-order valence-electron chi connectivity index (χ2n) is 10.6. The summed E-state index contributed by atoms with van der Waals surface area (Å²) in [6.07, 6.45) is -0.336. The molecule has 232 valence electrons. The molecule has 11 nitrogen and oxygen atoms in total. The molecular weight excluding hydrogens is 592 g/mol. The van der Waals surface area contributed by atoms with E-state index in [0.29, 0.717) is 5.75 Å². The Balaban J connectivity index is 1.53. The minimum atomic E-state index is -3.99. The van der Waals surface area contributed by atoms with E-state index in [1.807, 2.05) is 44.2 Å². The molecule has 3 aromatic rings. The SMILES string of the molecule is CC[C@H](C)CN(C[C@@H](O)[C@H](Cc1ccccc1)NC(=O)C1CN(Cc2cncs2)C(=O)O1)S(=O)(=O)c1ccc(OC)cc1. The summed E-state index contributed by atoms with van der Waals surface area (Å²) in [5, 5.41) is 14.4. The van der Waals surface area contributed by atoms with Gasteiger partial charge in [0.2, 0.25) is 10.0 Å². The first-order valence-corrected chi connectivity index (χ1v) is 16.4. The number of hydrogen-bond donors (Lipinski definition) is 2. The lowest BCUT2D eigenvalue weighted by Crippen LogP contribution is -2.53. The Morgan fingerprint density at radius 1 is 1.21 bits per heavy atom. The van der Waals surface area contributed by atoms with E-state index in [-0.39, 0.29) is 43.4 Å². The summed E-state index contributed by atoms with van der Waals surface area (Å²) in [7, 11) is -2.49. The molecule has 0 aliphatic carbocycles. The van der Waals surface area contributed by atoms with Gasteiger partial charge in [-0.25, -0.2) is 13.2 Å². The fourth-order valence-corrected chi connectivity index (χ4v) is 6.88. The van der Waals surface area contributed by atoms with Crippen molar-refractivity contribution in [1.82, 2.24) is 19.5 Å². The number of methoxy groups -OCH3 is 1. The van der Waals surface area contributed by atoms with E-state index in [9.17, 15) is 23.1 Å². The van der Waals surface area contributed by atoms with E-state index in [0.717, 1.165) is 16.9 Å². The predicted octanol–water partition coefficient (Wildman–Crippen LogP) is 3.30. The van der Waals surface area contributed by atoms with Crippen LogP contribution in [0.3, 0.4) is 0 Å². The van der Waals surface area contributed by atoms with Crippen molar-refractivity contribution in [2.75, 3.05) is 26.7 Å². The Morgan fingerprint density at radius 2 is 1.93 bits per heavy atom. The third-order valence-corrected chi connectivity index (χ3v) is 10.0. The molecule has 1 aromatic heterocycles. The van der Waals surface area contributed by atoms with E-state index in [1.165, 1.54) is 39.8 Å². The molecule has 0 bridgehead atoms. The van der Waals surface area contributed by atoms with Crippen LogP contribution in [-0.2, 0) is 32.5 Å². The zero-order valence-corrected chi connectivity index (χ0v) is 26.1. The number of cyclic esters (lactones) is 1. The molecule has 1 aliphatic rings. The highest BCUT2D eigenvalue weighted by molar-refractivity contribution is 7.89. The highest BCUT2D eigenvalue weighted by Gasteiger charge is 2.38. The summed E-state index contributed by atoms with van der Waals surface area (Å²) in [5.41, 5.74) is 2.50. The van der Waals surface area contributed by atoms with Crippen molar-refractivity contribution >= 4 is 33.4 Å². The number of rotatable bonds is 15. The maximum atomic E-state index is 13.8. The quantitative estimate of drug-likeness (QED) is 0.261. The maximum Gasteiger partial charge on any atom is 0.411 e. The third-order valence-electron chi connectivity index (χ3n) is 7.40. The van der Waals surface area contributed by atoms with Gasteiger partial charge in [0.1, 0.15) is 5.75 Å². The number of sulfonamides is 1. The fourth-order valence-electron chi connectivity index (χ4n) is 4.69. The van der Waals surface area contributed by atoms with Crippen molar-refractivity contribution in [1.29, 1.82) is 0 Å². The minimum Gasteiger partial charge on any atom is -0.497 e. The molecule has 1 unspecified atom stereocenters. The Morgan fingerprint density at radius 3 is 2.56 bits per heavy atom. The smallest absolute Gasteiger partial charge is 0.411 e. The second kappa shape index (κ2) is 14.8. The number of ether oxygens (including phenoxy) is 2. The molecule has 0 saturated carbocycles. The van der Waals surface area contributed by atoms with Crippen LogP contribution in [0.5, 0.6) is 5.75 Å². The van der Waals surface area contributed by atoms with Crippen molar-refractivity contribution in [2.24, 2.45) is 5.92 Å². The molecule has 0 radical (unpaired) electrons. The summed E-state index contributed by atoms with van der Waals surface area (Å²) in [5.74, 6) is -0.0206. The standard InChI is InChI=1S/C30H38N4O7S2/c1-4-21(2)16-34(43(38,39)25-12-10-23(40-3)11-13-25)18-27(35)26(14-22-8-6-5-7-9-22)32-29(36)28-19-33(30(37)41-28)17-24-15-31-20-42-24/h5-13,15,20-21,26-28,35H,4,14,16-19H2,1-3H3,(H,32,36)/t21-,26-,27+,28?/m0/s1. The van der Waals surface area contributed by atoms with Gasteiger partial charge in [-0.3, -0.25) is 14.7 Å². The zero-order chi connectivity index (χ0) is 31.0. The Kier molecular flexibility index (Phi) is 11.1. The summed E-state index contributed by atoms with van der Waals surface area (Å²) in [6.45, 7) is 4.16. The summed E-state index contributed by atoms with van der Waals surface area (Å²) >= 11 is 1.40. The van der Waals surface area contributed by atoms with E-state index < -0.39 is 40.3 Å². The Labute approximate surface area is 256 Å². The molecule has 0 spiro atoms. The van der Waals surface area contributed by atoms with Crippen LogP contribution in [0.4, 0.5) is 4.79 Å². The predicted molar refractivity (Wildman–Crippen MR) is 162 cm³/mol. The van der Waals surface area contributed by atoms with Gasteiger partial charge in [0.05, 0.1) is 42.8 Å². The lowest BCUT2D eigenvalue weighted by atomic mass is 10.0. The molecule has 1 fully saturated rings. The molecular formula is C30H38N4O7S2. The van der Waals surface area contributed by atoms with Gasteiger partial charge in [0.25, 0.3) is 5.91 Å². The van der Waals surface area contributed by atoms with Crippen LogP contribution < -0.4 is 10.1 Å². The van der Waals surface area contributed by atoms with Crippen LogP contribution in [-0.4, -0.2) is 84.7 Å². The Hall–Kier alpha value is -3.52. The van der Waals surface area contributed by atoms with Gasteiger partial charge in [-0.1, -0.05) is 50.6 Å². The van der Waals surface area contributed by atoms with E-state index >= 15 is 0 Å². The molecule has 13 heteroatoms. The number of carbonyl (C=O) groups excluding carboxylic acids is 2. The third kappa shape index (κ3) is 8.53. The molecule has 1 aliphatic heterocycles. The van der Waals surface area contributed by atoms with Crippen molar-refractivity contribution < 1.29 is 32.6 Å². The number of nitrogens with one attached hydrogen (secondary N) is 1. The van der Waals surface area contributed by atoms with E-state index in [2.05, 4.69) is 10.3 Å². The van der Waals surface area contributed by atoms with Gasteiger partial charge in [0.15, 0.2) is 6.10 Å². The number of nitrogens with zero attached hydrogens (tertiary/aromatic N) is 3. The van der Waals surface area contributed by atoms with E-state index in [1.54, 1.807) is 23.8 Å². The van der Waals surface area contributed by atoms with Crippen molar-refractivity contribution in [2.45, 2.75) is 56.4 Å². The van der Waals surface area contributed by atoms with Crippen LogP contribution in [0, 0.1) is 5.92 Å². The molecule has 2 amide bonds. The number of benzene rings is 2. The number of aromatic nitrogens is 1. The first-order valence-electron chi connectivity index (χ1n) is 14.1. The highest BCUT2D eigenvalue weighted by Crippen LogP contribution is 2.23. The summed E-state index contributed by atoms with van der Waals surface area (Å²) in [6, 6.07) is 14.5. The summed E-state index contributed by atoms with van der Waals surface area (Å²) < 4.78 is 39.3. The van der Waals surface area contributed by atoms with Crippen LogP contribution in [0.15, 0.2) is 71.2 Å². The largest absolute Gasteiger partial charge is 0.497 e. The van der Waals surface area contributed by atoms with Gasteiger partial charge in [0, 0.05) is 24.2 Å². The molecule has 2 aromatic carbocycles.